The first kappa shape index (κ1) is 14.1. The van der Waals surface area contributed by atoms with Crippen LogP contribution < -0.4 is 10.9 Å². The minimum Gasteiger partial charge on any atom is -0.308 e. The van der Waals surface area contributed by atoms with E-state index < -0.39 is 0 Å². The fourth-order valence-electron chi connectivity index (χ4n) is 2.81. The van der Waals surface area contributed by atoms with E-state index in [-0.39, 0.29) is 5.56 Å². The van der Waals surface area contributed by atoms with Crippen LogP contribution in [0.2, 0.25) is 0 Å². The number of hydrogen-bond acceptors (Lipinski definition) is 5. The average molecular weight is 309 g/mol. The first-order chi connectivity index (χ1) is 9.78. The van der Waals surface area contributed by atoms with Crippen molar-refractivity contribution in [3.8, 4) is 0 Å². The van der Waals surface area contributed by atoms with E-state index in [1.807, 2.05) is 23.2 Å². The summed E-state index contributed by atoms with van der Waals surface area (Å²) in [6.45, 7) is 2.86. The maximum atomic E-state index is 11.9. The summed E-state index contributed by atoms with van der Waals surface area (Å²) < 4.78 is 0.717. The van der Waals surface area contributed by atoms with Crippen LogP contribution in [-0.2, 0) is 6.54 Å². The van der Waals surface area contributed by atoms with E-state index in [2.05, 4.69) is 22.2 Å². The lowest BCUT2D eigenvalue weighted by Gasteiger charge is -2.19. The summed E-state index contributed by atoms with van der Waals surface area (Å²) in [4.78, 5) is 19.3. The first-order valence-corrected chi connectivity index (χ1v) is 9.02. The third kappa shape index (κ3) is 2.92. The molecule has 1 aliphatic carbocycles. The fourth-order valence-corrected chi connectivity index (χ4v) is 4.76. The molecule has 0 bridgehead atoms. The highest BCUT2D eigenvalue weighted by Crippen LogP contribution is 2.29. The van der Waals surface area contributed by atoms with Gasteiger partial charge in [-0.3, -0.25) is 4.79 Å². The van der Waals surface area contributed by atoms with E-state index in [1.165, 1.54) is 36.4 Å². The lowest BCUT2D eigenvalue weighted by atomic mass is 10.2. The van der Waals surface area contributed by atoms with Gasteiger partial charge in [0.1, 0.15) is 10.5 Å². The Morgan fingerprint density at radius 3 is 3.30 bits per heavy atom. The highest BCUT2D eigenvalue weighted by molar-refractivity contribution is 7.99. The molecule has 0 spiro atoms. The monoisotopic (exact) mass is 309 g/mol. The largest absolute Gasteiger partial charge is 0.308 e. The topological polar surface area (TPSA) is 57.8 Å². The maximum absolute atomic E-state index is 11.9. The Hall–Kier alpha value is -0.850. The summed E-state index contributed by atoms with van der Waals surface area (Å²) in [5.41, 5.74) is 0.786. The molecule has 0 saturated heterocycles. The van der Waals surface area contributed by atoms with Gasteiger partial charge in [0.2, 0.25) is 0 Å². The predicted octanol–water partition coefficient (Wildman–Crippen LogP) is 2.75. The summed E-state index contributed by atoms with van der Waals surface area (Å²) in [7, 11) is 0. The van der Waals surface area contributed by atoms with Crippen molar-refractivity contribution < 1.29 is 0 Å². The lowest BCUT2D eigenvalue weighted by Crippen LogP contribution is -2.34. The summed E-state index contributed by atoms with van der Waals surface area (Å²) >= 11 is 3.48. The van der Waals surface area contributed by atoms with E-state index in [0.29, 0.717) is 22.5 Å². The standard InChI is InChI=1S/C14H19N3OS2/c1-2-19-11-5-3-4-9(11)15-8-12-16-10-6-7-20-13(10)14(18)17-12/h6-7,9,11,15H,2-5,8H2,1H3,(H,16,17,18). The molecule has 0 radical (unpaired) electrons. The van der Waals surface area contributed by atoms with Gasteiger partial charge < -0.3 is 10.3 Å². The average Bonchev–Trinajstić information content (AvgIpc) is 3.06. The Balaban J connectivity index is 1.69. The van der Waals surface area contributed by atoms with Crippen molar-refractivity contribution >= 4 is 33.3 Å². The Labute approximate surface area is 126 Å². The molecule has 2 atom stereocenters. The van der Waals surface area contributed by atoms with E-state index in [1.54, 1.807) is 0 Å². The lowest BCUT2D eigenvalue weighted by molar-refractivity contribution is 0.521. The normalized spacial score (nSPS) is 22.6. The van der Waals surface area contributed by atoms with Gasteiger partial charge >= 0.3 is 0 Å². The molecule has 2 aromatic heterocycles. The number of thiophene rings is 1. The molecule has 1 saturated carbocycles. The van der Waals surface area contributed by atoms with Gasteiger partial charge in [0.15, 0.2) is 0 Å². The molecule has 0 aromatic carbocycles. The van der Waals surface area contributed by atoms with Gasteiger partial charge in [-0.05, 0) is 30.0 Å². The van der Waals surface area contributed by atoms with Gasteiger partial charge in [0.25, 0.3) is 5.56 Å². The van der Waals surface area contributed by atoms with Gasteiger partial charge in [0.05, 0.1) is 12.1 Å². The number of hydrogen-bond donors (Lipinski definition) is 2. The van der Waals surface area contributed by atoms with Crippen LogP contribution in [0.25, 0.3) is 10.2 Å². The molecular weight excluding hydrogens is 290 g/mol. The molecule has 4 nitrogen and oxygen atoms in total. The Kier molecular flexibility index (Phi) is 4.43. The van der Waals surface area contributed by atoms with Crippen LogP contribution in [0.3, 0.4) is 0 Å². The van der Waals surface area contributed by atoms with Gasteiger partial charge in [-0.15, -0.1) is 11.3 Å². The number of aromatic amines is 1. The van der Waals surface area contributed by atoms with Gasteiger partial charge in [-0.25, -0.2) is 4.98 Å². The third-order valence-electron chi connectivity index (χ3n) is 3.73. The fraction of sp³-hybridized carbons (Fsp3) is 0.571. The van der Waals surface area contributed by atoms with Crippen molar-refractivity contribution in [3.63, 3.8) is 0 Å². The minimum absolute atomic E-state index is 0.0206. The molecular formula is C14H19N3OS2. The maximum Gasteiger partial charge on any atom is 0.268 e. The number of thioether (sulfide) groups is 1. The molecule has 108 valence electrons. The van der Waals surface area contributed by atoms with E-state index >= 15 is 0 Å². The smallest absolute Gasteiger partial charge is 0.268 e. The van der Waals surface area contributed by atoms with E-state index in [0.717, 1.165) is 11.3 Å². The molecule has 2 aromatic rings. The van der Waals surface area contributed by atoms with Crippen LogP contribution in [0.4, 0.5) is 0 Å². The van der Waals surface area contributed by atoms with Crippen molar-refractivity contribution in [2.45, 2.75) is 44.0 Å². The molecule has 3 rings (SSSR count). The predicted molar refractivity (Wildman–Crippen MR) is 86.6 cm³/mol. The number of nitrogens with one attached hydrogen (secondary N) is 2. The number of aromatic nitrogens is 2. The SMILES string of the molecule is CCSC1CCCC1NCc1nc2ccsc2c(=O)[nH]1. The molecule has 20 heavy (non-hydrogen) atoms. The number of rotatable bonds is 5. The van der Waals surface area contributed by atoms with Gasteiger partial charge in [0, 0.05) is 11.3 Å². The molecule has 0 amide bonds. The molecule has 2 heterocycles. The van der Waals surface area contributed by atoms with Crippen LogP contribution in [0.15, 0.2) is 16.2 Å². The van der Waals surface area contributed by atoms with E-state index in [9.17, 15) is 4.79 Å². The van der Waals surface area contributed by atoms with Crippen molar-refractivity contribution in [2.75, 3.05) is 5.75 Å². The van der Waals surface area contributed by atoms with Crippen molar-refractivity contribution in [3.05, 3.63) is 27.6 Å². The second-order valence-corrected chi connectivity index (χ2v) is 7.49. The van der Waals surface area contributed by atoms with E-state index in [4.69, 9.17) is 0 Å². The quantitative estimate of drug-likeness (QED) is 0.891. The molecule has 2 N–H and O–H groups in total. The van der Waals surface area contributed by atoms with Crippen molar-refractivity contribution in [2.24, 2.45) is 0 Å². The molecule has 6 heteroatoms. The van der Waals surface area contributed by atoms with Gasteiger partial charge in [-0.1, -0.05) is 13.3 Å². The van der Waals surface area contributed by atoms with Crippen molar-refractivity contribution in [1.82, 2.24) is 15.3 Å². The zero-order valence-corrected chi connectivity index (χ0v) is 13.1. The highest BCUT2D eigenvalue weighted by atomic mass is 32.2. The van der Waals surface area contributed by atoms with Crippen LogP contribution in [-0.4, -0.2) is 27.0 Å². The zero-order valence-electron chi connectivity index (χ0n) is 11.5. The second kappa shape index (κ2) is 6.28. The molecule has 1 aliphatic rings. The van der Waals surface area contributed by atoms with Gasteiger partial charge in [-0.2, -0.15) is 11.8 Å². The summed E-state index contributed by atoms with van der Waals surface area (Å²) in [6.07, 6.45) is 3.81. The first-order valence-electron chi connectivity index (χ1n) is 7.09. The number of H-pyrrole nitrogens is 1. The Morgan fingerprint density at radius 2 is 2.45 bits per heavy atom. The van der Waals surface area contributed by atoms with Crippen molar-refractivity contribution in [1.29, 1.82) is 0 Å². The molecule has 0 aliphatic heterocycles. The Bertz CT molecular complexity index is 637. The van der Waals surface area contributed by atoms with Crippen LogP contribution in [0.1, 0.15) is 32.0 Å². The zero-order chi connectivity index (χ0) is 13.9. The van der Waals surface area contributed by atoms with Crippen LogP contribution in [0, 0.1) is 0 Å². The minimum atomic E-state index is -0.0206. The molecule has 2 unspecified atom stereocenters. The third-order valence-corrected chi connectivity index (χ3v) is 5.96. The second-order valence-electron chi connectivity index (χ2n) is 5.06. The summed E-state index contributed by atoms with van der Waals surface area (Å²) in [5.74, 6) is 1.91. The summed E-state index contributed by atoms with van der Waals surface area (Å²) in [6, 6.07) is 2.45. The number of nitrogens with zero attached hydrogens (tertiary/aromatic N) is 1. The molecule has 1 fully saturated rings. The Morgan fingerprint density at radius 1 is 1.55 bits per heavy atom. The number of fused-ring (bicyclic) bond motifs is 1. The van der Waals surface area contributed by atoms with Crippen LogP contribution >= 0.6 is 23.1 Å². The van der Waals surface area contributed by atoms with Crippen LogP contribution in [0.5, 0.6) is 0 Å². The summed E-state index contributed by atoms with van der Waals surface area (Å²) in [5, 5.41) is 6.18. The highest BCUT2D eigenvalue weighted by Gasteiger charge is 2.26.